The molecule has 6 heteroatoms. The molecule has 0 spiro atoms. The van der Waals surface area contributed by atoms with Crippen molar-refractivity contribution >= 4 is 22.6 Å². The fraction of sp³-hybridized carbons (Fsp3) is 0.500. The molecule has 0 radical (unpaired) electrons. The van der Waals surface area contributed by atoms with E-state index in [9.17, 15) is 9.90 Å². The van der Waals surface area contributed by atoms with Crippen LogP contribution in [0.15, 0.2) is 42.5 Å². The second kappa shape index (κ2) is 8.80. The molecule has 0 bridgehead atoms. The van der Waals surface area contributed by atoms with E-state index in [1.165, 1.54) is 10.8 Å². The molecule has 0 aliphatic carbocycles. The lowest BCUT2D eigenvalue weighted by atomic mass is 10.1. The van der Waals surface area contributed by atoms with Crippen LogP contribution in [0, 0.1) is 0 Å². The van der Waals surface area contributed by atoms with Crippen LogP contribution in [0.1, 0.15) is 20.8 Å². The van der Waals surface area contributed by atoms with Crippen molar-refractivity contribution in [1.29, 1.82) is 0 Å². The van der Waals surface area contributed by atoms with Crippen LogP contribution >= 0.6 is 0 Å². The number of β-amino-alcohol motifs (C(OH)–C–C–N with tert-alkyl or cyclic N) is 1. The summed E-state index contributed by atoms with van der Waals surface area (Å²) in [5.41, 5.74) is 0.534. The molecule has 2 aromatic carbocycles. The van der Waals surface area contributed by atoms with Gasteiger partial charge in [0.2, 0.25) is 0 Å². The van der Waals surface area contributed by atoms with Gasteiger partial charge in [0.05, 0.1) is 6.10 Å². The van der Waals surface area contributed by atoms with Gasteiger partial charge < -0.3 is 20.1 Å². The molecule has 1 unspecified atom stereocenters. The monoisotopic (exact) mass is 385 g/mol. The highest BCUT2D eigenvalue weighted by atomic mass is 16.6. The first kappa shape index (κ1) is 20.4. The van der Waals surface area contributed by atoms with E-state index < -0.39 is 11.7 Å². The van der Waals surface area contributed by atoms with Crippen LogP contribution in [-0.4, -0.2) is 72.0 Å². The molecule has 0 saturated carbocycles. The summed E-state index contributed by atoms with van der Waals surface area (Å²) >= 11 is 0. The summed E-state index contributed by atoms with van der Waals surface area (Å²) in [5, 5.41) is 16.1. The summed E-state index contributed by atoms with van der Waals surface area (Å²) in [7, 11) is 0. The predicted octanol–water partition coefficient (Wildman–Crippen LogP) is 3.17. The maximum Gasteiger partial charge on any atom is 0.410 e. The van der Waals surface area contributed by atoms with Gasteiger partial charge in [0.1, 0.15) is 5.60 Å². The molecule has 1 heterocycles. The smallest absolute Gasteiger partial charge is 0.410 e. The molecular formula is C22H31N3O3. The number of nitrogens with zero attached hydrogens (tertiary/aromatic N) is 2. The van der Waals surface area contributed by atoms with E-state index in [0.717, 1.165) is 18.8 Å². The van der Waals surface area contributed by atoms with Gasteiger partial charge >= 0.3 is 6.09 Å². The molecule has 1 saturated heterocycles. The van der Waals surface area contributed by atoms with Gasteiger partial charge in [-0.2, -0.15) is 0 Å². The second-order valence-electron chi connectivity index (χ2n) is 8.36. The zero-order chi connectivity index (χ0) is 20.1. The molecule has 152 valence electrons. The van der Waals surface area contributed by atoms with Crippen molar-refractivity contribution in [3.05, 3.63) is 42.5 Å². The highest BCUT2D eigenvalue weighted by molar-refractivity contribution is 5.85. The first-order chi connectivity index (χ1) is 13.3. The Morgan fingerprint density at radius 2 is 1.79 bits per heavy atom. The Balaban J connectivity index is 1.41. The van der Waals surface area contributed by atoms with Crippen LogP contribution in [0.5, 0.6) is 0 Å². The molecule has 1 fully saturated rings. The Kier molecular flexibility index (Phi) is 6.42. The van der Waals surface area contributed by atoms with Crippen LogP contribution in [-0.2, 0) is 4.74 Å². The van der Waals surface area contributed by atoms with Crippen molar-refractivity contribution in [2.24, 2.45) is 0 Å². The number of carbonyl (C=O) groups is 1. The molecule has 6 nitrogen and oxygen atoms in total. The van der Waals surface area contributed by atoms with E-state index >= 15 is 0 Å². The molecule has 3 rings (SSSR count). The van der Waals surface area contributed by atoms with Crippen LogP contribution in [0.4, 0.5) is 10.5 Å². The number of fused-ring (bicyclic) bond motifs is 1. The molecule has 0 aromatic heterocycles. The van der Waals surface area contributed by atoms with Crippen LogP contribution in [0.25, 0.3) is 10.8 Å². The van der Waals surface area contributed by atoms with Crippen LogP contribution in [0.3, 0.4) is 0 Å². The van der Waals surface area contributed by atoms with E-state index in [1.807, 2.05) is 39.0 Å². The molecule has 28 heavy (non-hydrogen) atoms. The van der Waals surface area contributed by atoms with Gasteiger partial charge in [-0.25, -0.2) is 4.79 Å². The third-order valence-corrected chi connectivity index (χ3v) is 4.78. The molecule has 2 N–H and O–H groups in total. The van der Waals surface area contributed by atoms with Crippen molar-refractivity contribution < 1.29 is 14.6 Å². The largest absolute Gasteiger partial charge is 0.444 e. The van der Waals surface area contributed by atoms with Gasteiger partial charge in [0, 0.05) is 45.0 Å². The summed E-state index contributed by atoms with van der Waals surface area (Å²) in [4.78, 5) is 16.0. The first-order valence-corrected chi connectivity index (χ1v) is 9.91. The van der Waals surface area contributed by atoms with E-state index in [1.54, 1.807) is 4.90 Å². The summed E-state index contributed by atoms with van der Waals surface area (Å²) in [6.07, 6.45) is -0.731. The van der Waals surface area contributed by atoms with E-state index in [-0.39, 0.29) is 6.09 Å². The maximum absolute atomic E-state index is 12.1. The molecule has 1 atom stereocenters. The summed E-state index contributed by atoms with van der Waals surface area (Å²) < 4.78 is 5.42. The van der Waals surface area contributed by atoms with Gasteiger partial charge in [-0.1, -0.05) is 30.3 Å². The first-order valence-electron chi connectivity index (χ1n) is 9.91. The lowest BCUT2D eigenvalue weighted by Crippen LogP contribution is -2.51. The minimum absolute atomic E-state index is 0.259. The Morgan fingerprint density at radius 1 is 1.11 bits per heavy atom. The molecular weight excluding hydrogens is 354 g/mol. The van der Waals surface area contributed by atoms with Gasteiger partial charge in [0.15, 0.2) is 0 Å². The predicted molar refractivity (Wildman–Crippen MR) is 113 cm³/mol. The minimum Gasteiger partial charge on any atom is -0.444 e. The number of aliphatic hydroxyl groups excluding tert-OH is 1. The molecule has 2 aromatic rings. The van der Waals surface area contributed by atoms with Crippen LogP contribution < -0.4 is 5.32 Å². The summed E-state index contributed by atoms with van der Waals surface area (Å²) in [6.45, 7) is 9.44. The normalized spacial score (nSPS) is 16.8. The maximum atomic E-state index is 12.1. The SMILES string of the molecule is CC(C)(C)OC(=O)N1CCN(CC(O)CNc2ccc3ccccc3c2)CC1. The third-order valence-electron chi connectivity index (χ3n) is 4.78. The lowest BCUT2D eigenvalue weighted by molar-refractivity contribution is 0.0108. The van der Waals surface area contributed by atoms with Crippen molar-refractivity contribution in [3.8, 4) is 0 Å². The molecule has 1 aliphatic rings. The fourth-order valence-corrected chi connectivity index (χ4v) is 3.34. The number of anilines is 1. The quantitative estimate of drug-likeness (QED) is 0.828. The third kappa shape index (κ3) is 5.84. The Bertz CT molecular complexity index is 795. The van der Waals surface area contributed by atoms with E-state index in [4.69, 9.17) is 4.74 Å². The molecule has 1 amide bonds. The average Bonchev–Trinajstić information content (AvgIpc) is 2.65. The van der Waals surface area contributed by atoms with Gasteiger partial charge in [-0.3, -0.25) is 4.90 Å². The second-order valence-corrected chi connectivity index (χ2v) is 8.36. The number of rotatable bonds is 5. The van der Waals surface area contributed by atoms with Gasteiger partial charge in [-0.15, -0.1) is 0 Å². The van der Waals surface area contributed by atoms with Gasteiger partial charge in [-0.05, 0) is 43.7 Å². The zero-order valence-electron chi connectivity index (χ0n) is 17.0. The summed E-state index contributed by atoms with van der Waals surface area (Å²) in [5.74, 6) is 0. The number of benzene rings is 2. The van der Waals surface area contributed by atoms with Crippen LogP contribution in [0.2, 0.25) is 0 Å². The number of carbonyl (C=O) groups excluding carboxylic acids is 1. The number of nitrogens with one attached hydrogen (secondary N) is 1. The number of hydrogen-bond donors (Lipinski definition) is 2. The number of aliphatic hydroxyl groups is 1. The summed E-state index contributed by atoms with van der Waals surface area (Å²) in [6, 6.07) is 14.4. The average molecular weight is 386 g/mol. The van der Waals surface area contributed by atoms with Crippen molar-refractivity contribution in [3.63, 3.8) is 0 Å². The zero-order valence-corrected chi connectivity index (χ0v) is 17.0. The Labute approximate surface area is 167 Å². The number of piperazine rings is 1. The Hall–Kier alpha value is -2.31. The number of ether oxygens (including phenoxy) is 1. The topological polar surface area (TPSA) is 65.0 Å². The van der Waals surface area contributed by atoms with Gasteiger partial charge in [0.25, 0.3) is 0 Å². The number of amides is 1. The van der Waals surface area contributed by atoms with E-state index in [0.29, 0.717) is 26.2 Å². The number of hydrogen-bond acceptors (Lipinski definition) is 5. The standard InChI is InChI=1S/C22H31N3O3/c1-22(2,3)28-21(27)25-12-10-24(11-13-25)16-20(26)15-23-19-9-8-17-6-4-5-7-18(17)14-19/h4-9,14,20,23,26H,10-13,15-16H2,1-3H3. The van der Waals surface area contributed by atoms with Crippen molar-refractivity contribution in [2.75, 3.05) is 44.6 Å². The highest BCUT2D eigenvalue weighted by Gasteiger charge is 2.26. The molecule has 1 aliphatic heterocycles. The minimum atomic E-state index is -0.473. The van der Waals surface area contributed by atoms with Crippen molar-refractivity contribution in [2.45, 2.75) is 32.5 Å². The Morgan fingerprint density at radius 3 is 2.46 bits per heavy atom. The van der Waals surface area contributed by atoms with E-state index in [2.05, 4.69) is 34.5 Å². The van der Waals surface area contributed by atoms with Crippen molar-refractivity contribution in [1.82, 2.24) is 9.80 Å². The lowest BCUT2D eigenvalue weighted by Gasteiger charge is -2.36. The highest BCUT2D eigenvalue weighted by Crippen LogP contribution is 2.19. The fourth-order valence-electron chi connectivity index (χ4n) is 3.34.